The molecule has 0 aliphatic carbocycles. The van der Waals surface area contributed by atoms with E-state index in [0.29, 0.717) is 13.0 Å². The largest absolute Gasteiger partial charge is 0.438 e. The number of aromatic nitrogens is 3. The third-order valence-electron chi connectivity index (χ3n) is 8.82. The highest BCUT2D eigenvalue weighted by molar-refractivity contribution is 7.74. The first-order valence-corrected chi connectivity index (χ1v) is 23.1. The third-order valence-corrected chi connectivity index (χ3v) is 14.7. The Labute approximate surface area is 357 Å². The molecule has 344 valence electrons. The van der Waals surface area contributed by atoms with Crippen molar-refractivity contribution in [3.8, 4) is 0 Å². The minimum atomic E-state index is -5.12. The molecule has 0 saturated heterocycles. The Morgan fingerprint density at radius 1 is 0.600 bits per heavy atom. The van der Waals surface area contributed by atoms with E-state index in [0.717, 1.165) is 19.3 Å². The van der Waals surface area contributed by atoms with Crippen LogP contribution in [0.2, 0.25) is 0 Å². The zero-order valence-corrected chi connectivity index (χ0v) is 40.5. The topological polar surface area (TPSA) is 207 Å². The molecule has 0 aliphatic heterocycles. The number of hydrogen-bond donors (Lipinski definition) is 0. The second-order valence-corrected chi connectivity index (χ2v) is 24.2. The van der Waals surface area contributed by atoms with Crippen molar-refractivity contribution in [2.24, 2.45) is 21.7 Å². The fourth-order valence-corrected chi connectivity index (χ4v) is 9.18. The van der Waals surface area contributed by atoms with Crippen LogP contribution in [0.1, 0.15) is 142 Å². The predicted molar refractivity (Wildman–Crippen MR) is 225 cm³/mol. The Balaban J connectivity index is 3.87. The van der Waals surface area contributed by atoms with Gasteiger partial charge in [-0.05, 0) is 130 Å². The highest BCUT2D eigenvalue weighted by Gasteiger charge is 2.63. The molecule has 0 saturated carbocycles. The molecule has 1 heterocycles. The van der Waals surface area contributed by atoms with Gasteiger partial charge in [0.25, 0.3) is 0 Å². The lowest BCUT2D eigenvalue weighted by atomic mass is 9.98. The molecule has 0 unspecified atom stereocenters. The first kappa shape index (κ1) is 54.8. The van der Waals surface area contributed by atoms with Crippen molar-refractivity contribution in [2.75, 3.05) is 27.2 Å². The van der Waals surface area contributed by atoms with Crippen LogP contribution < -0.4 is 0 Å². The minimum Gasteiger partial charge on any atom is -0.438 e. The van der Waals surface area contributed by atoms with Crippen molar-refractivity contribution in [1.29, 1.82) is 0 Å². The number of rotatable bonds is 23. The number of hydrogen-bond acceptors (Lipinski definition) is 16. The molecule has 1 rings (SSSR count). The number of esters is 4. The summed E-state index contributed by atoms with van der Waals surface area (Å²) in [5, 5.41) is 8.46. The van der Waals surface area contributed by atoms with Crippen molar-refractivity contribution in [3.05, 3.63) is 35.2 Å². The molecule has 0 aromatic carbocycles. The zero-order valence-electron chi connectivity index (χ0n) is 38.8. The molecule has 0 amide bonds. The lowest BCUT2D eigenvalue weighted by Gasteiger charge is -2.39. The van der Waals surface area contributed by atoms with Gasteiger partial charge >= 0.3 is 39.1 Å². The van der Waals surface area contributed by atoms with Crippen LogP contribution in [0, 0.1) is 21.7 Å². The van der Waals surface area contributed by atoms with Crippen molar-refractivity contribution in [1.82, 2.24) is 15.0 Å². The number of ether oxygens (including phenoxy) is 4. The minimum absolute atomic E-state index is 0.106. The number of carbonyl (C=O) groups excluding carboxylic acids is 4. The van der Waals surface area contributed by atoms with Gasteiger partial charge in [-0.15, -0.1) is 5.10 Å². The van der Waals surface area contributed by atoms with E-state index in [2.05, 4.69) is 43.2 Å². The van der Waals surface area contributed by atoms with Gasteiger partial charge in [0.2, 0.25) is 27.2 Å². The van der Waals surface area contributed by atoms with Gasteiger partial charge in [-0.3, -0.25) is 51.1 Å². The van der Waals surface area contributed by atoms with Gasteiger partial charge in [0.1, 0.15) is 0 Å². The van der Waals surface area contributed by atoms with E-state index in [1.54, 1.807) is 83.1 Å². The highest BCUT2D eigenvalue weighted by Crippen LogP contribution is 2.78. The molecular formula is C41H71N3O14P2. The van der Waals surface area contributed by atoms with E-state index < -0.39 is 99.2 Å². The van der Waals surface area contributed by atoms with E-state index in [9.17, 15) is 19.2 Å². The normalized spacial score (nSPS) is 13.9. The standard InChI is InChI=1S/C41H71N3O14P2/c1-17-30(2)20-18-21-31(3)22-19-23-44-25-32(42-43-44)24-41(16,59(49,55-26-51-33(45)37(4,5)6)56-27-52-34(46)38(7,8)9)60(50,57-28-53-35(47)39(10,11)12)58-29-54-36(48)40(13,14)15/h20,22,25H,17-19,21,23-24,26-29H2,1-16H3/b30-20-,31-22+. The maximum Gasteiger partial charge on any atom is 0.354 e. The predicted octanol–water partition coefficient (Wildman–Crippen LogP) is 9.65. The number of allylic oxidation sites excluding steroid dienone is 4. The van der Waals surface area contributed by atoms with Gasteiger partial charge in [-0.2, -0.15) is 0 Å². The molecule has 17 nitrogen and oxygen atoms in total. The Hall–Kier alpha value is -3.20. The molecule has 0 atom stereocenters. The first-order chi connectivity index (χ1) is 27.3. The van der Waals surface area contributed by atoms with Crippen molar-refractivity contribution in [3.63, 3.8) is 0 Å². The Bertz CT molecular complexity index is 1600. The average molecular weight is 892 g/mol. The summed E-state index contributed by atoms with van der Waals surface area (Å²) in [5.74, 6) is -2.97. The summed E-state index contributed by atoms with van der Waals surface area (Å²) < 4.78 is 76.5. The van der Waals surface area contributed by atoms with E-state index in [-0.39, 0.29) is 5.69 Å². The van der Waals surface area contributed by atoms with Crippen LogP contribution in [0.25, 0.3) is 0 Å². The fraction of sp³-hybridized carbons (Fsp3) is 0.756. The van der Waals surface area contributed by atoms with E-state index >= 15 is 9.13 Å². The maximum absolute atomic E-state index is 15.4. The molecule has 0 N–H and O–H groups in total. The summed E-state index contributed by atoms with van der Waals surface area (Å²) in [6.45, 7) is 22.9. The van der Waals surface area contributed by atoms with Crippen LogP contribution in [0.4, 0.5) is 0 Å². The van der Waals surface area contributed by atoms with Crippen molar-refractivity contribution >= 4 is 39.1 Å². The number of carbonyl (C=O) groups is 4. The second kappa shape index (κ2) is 22.8. The summed E-state index contributed by atoms with van der Waals surface area (Å²) in [6.07, 6.45) is 8.71. The second-order valence-electron chi connectivity index (χ2n) is 18.9. The van der Waals surface area contributed by atoms with Gasteiger partial charge in [0.15, 0.2) is 4.90 Å². The van der Waals surface area contributed by atoms with Gasteiger partial charge in [-0.25, -0.2) is 0 Å². The summed E-state index contributed by atoms with van der Waals surface area (Å²) in [7, 11) is -10.2. The lowest BCUT2D eigenvalue weighted by molar-refractivity contribution is -0.163. The molecular weight excluding hydrogens is 820 g/mol. The van der Waals surface area contributed by atoms with Gasteiger partial charge < -0.3 is 18.9 Å². The molecule has 19 heteroatoms. The molecule has 1 aromatic heterocycles. The zero-order chi connectivity index (χ0) is 46.4. The molecule has 1 aromatic rings. The van der Waals surface area contributed by atoms with Gasteiger partial charge in [-0.1, -0.05) is 35.4 Å². The SMILES string of the molecule is CC/C(C)=C\CC/C(C)=C/CCn1cc(CC(C)(P(=O)(OCOC(=O)C(C)(C)C)OCOC(=O)C(C)(C)C)P(=O)(OCOC(=O)C(C)(C)C)OCOC(=O)C(C)(C)C)nn1. The Morgan fingerprint density at radius 2 is 0.950 bits per heavy atom. The number of aryl methyl sites for hydroxylation is 1. The summed E-state index contributed by atoms with van der Waals surface area (Å²) in [6, 6.07) is 0. The van der Waals surface area contributed by atoms with Crippen molar-refractivity contribution < 1.29 is 65.4 Å². The van der Waals surface area contributed by atoms with Crippen molar-refractivity contribution in [2.45, 2.75) is 154 Å². The van der Waals surface area contributed by atoms with Crippen LogP contribution >= 0.6 is 15.2 Å². The summed E-state index contributed by atoms with van der Waals surface area (Å²) >= 11 is 0. The average Bonchev–Trinajstić information content (AvgIpc) is 3.56. The van der Waals surface area contributed by atoms with E-state index in [4.69, 9.17) is 37.0 Å². The molecule has 0 radical (unpaired) electrons. The van der Waals surface area contributed by atoms with E-state index in [1.165, 1.54) is 28.9 Å². The lowest BCUT2D eigenvalue weighted by Crippen LogP contribution is -2.35. The van der Waals surface area contributed by atoms with Gasteiger partial charge in [0, 0.05) is 19.2 Å². The number of nitrogens with zero attached hydrogens (tertiary/aromatic N) is 3. The Kier molecular flexibility index (Phi) is 20.8. The third kappa shape index (κ3) is 17.6. The first-order valence-electron chi connectivity index (χ1n) is 20.0. The monoisotopic (exact) mass is 891 g/mol. The van der Waals surface area contributed by atoms with Crippen LogP contribution in [-0.2, 0) is 78.3 Å². The Morgan fingerprint density at radius 3 is 1.28 bits per heavy atom. The molecule has 0 bridgehead atoms. The maximum atomic E-state index is 15.4. The molecule has 0 spiro atoms. The van der Waals surface area contributed by atoms with Crippen LogP contribution in [-0.4, -0.2) is 70.9 Å². The fourth-order valence-electron chi connectivity index (χ4n) is 4.55. The van der Waals surface area contributed by atoms with Crippen LogP contribution in [0.5, 0.6) is 0 Å². The molecule has 0 fully saturated rings. The molecule has 0 aliphatic rings. The smallest absolute Gasteiger partial charge is 0.354 e. The van der Waals surface area contributed by atoms with Crippen LogP contribution in [0.3, 0.4) is 0 Å². The van der Waals surface area contributed by atoms with E-state index in [1.807, 2.05) is 0 Å². The van der Waals surface area contributed by atoms with Crippen LogP contribution in [0.15, 0.2) is 29.5 Å². The van der Waals surface area contributed by atoms with Gasteiger partial charge in [0.05, 0.1) is 27.4 Å². The quantitative estimate of drug-likeness (QED) is 0.0329. The summed E-state index contributed by atoms with van der Waals surface area (Å²) in [5.41, 5.74) is -1.39. The summed E-state index contributed by atoms with van der Waals surface area (Å²) in [4.78, 5) is 48.6. The molecule has 60 heavy (non-hydrogen) atoms. The highest BCUT2D eigenvalue weighted by atomic mass is 31.2.